The SMILES string of the molecule is CC1C(=O)N2C(CCCN3CCC4(CC3)CC4)COC2(C)CN1C(=O)Nc1ccc(C(F)(F)F)c(Cl)c1. The minimum Gasteiger partial charge on any atom is -0.352 e. The number of urea groups is 1. The number of nitrogens with one attached hydrogen (secondary N) is 1. The van der Waals surface area contributed by atoms with Crippen LogP contribution in [0.15, 0.2) is 18.2 Å². The lowest BCUT2D eigenvalue weighted by molar-refractivity contribution is -0.167. The van der Waals surface area contributed by atoms with E-state index in [1.165, 1.54) is 30.6 Å². The third-order valence-electron chi connectivity index (χ3n) is 8.66. The number of rotatable bonds is 5. The average molecular weight is 543 g/mol. The predicted molar refractivity (Wildman–Crippen MR) is 133 cm³/mol. The van der Waals surface area contributed by atoms with Crippen LogP contribution in [0.3, 0.4) is 0 Å². The fourth-order valence-corrected chi connectivity index (χ4v) is 6.37. The van der Waals surface area contributed by atoms with E-state index in [1.807, 2.05) is 6.92 Å². The maximum atomic E-state index is 13.4. The van der Waals surface area contributed by atoms with Gasteiger partial charge in [-0.2, -0.15) is 13.2 Å². The number of piperidine rings is 1. The zero-order valence-corrected chi connectivity index (χ0v) is 22.0. The molecule has 0 bridgehead atoms. The van der Waals surface area contributed by atoms with Crippen LogP contribution < -0.4 is 5.32 Å². The Morgan fingerprint density at radius 2 is 1.92 bits per heavy atom. The maximum absolute atomic E-state index is 13.4. The lowest BCUT2D eigenvalue weighted by atomic mass is 9.93. The van der Waals surface area contributed by atoms with E-state index >= 15 is 0 Å². The summed E-state index contributed by atoms with van der Waals surface area (Å²) in [7, 11) is 0. The van der Waals surface area contributed by atoms with Crippen LogP contribution >= 0.6 is 11.6 Å². The standard InChI is InChI=1S/C26H34ClF3N4O3/c1-17-22(35)34-19(4-3-11-32-12-9-25(7-8-25)10-13-32)15-37-24(34,2)16-33(17)23(36)31-18-5-6-20(21(27)14-18)26(28,29)30/h5-6,14,17,19H,3-4,7-13,15-16H2,1-2H3,(H,31,36). The summed E-state index contributed by atoms with van der Waals surface area (Å²) in [5.41, 5.74) is -1.15. The van der Waals surface area contributed by atoms with Crippen molar-refractivity contribution in [2.45, 2.75) is 76.4 Å². The fourth-order valence-electron chi connectivity index (χ4n) is 6.08. The first-order valence-electron chi connectivity index (χ1n) is 13.0. The third kappa shape index (κ3) is 5.29. The highest BCUT2D eigenvalue weighted by molar-refractivity contribution is 6.31. The fraction of sp³-hybridized carbons (Fsp3) is 0.692. The number of anilines is 1. The van der Waals surface area contributed by atoms with Gasteiger partial charge in [0, 0.05) is 5.69 Å². The molecule has 3 amide bonds. The molecule has 1 aromatic carbocycles. The Morgan fingerprint density at radius 3 is 2.54 bits per heavy atom. The van der Waals surface area contributed by atoms with Crippen molar-refractivity contribution < 1.29 is 27.5 Å². The van der Waals surface area contributed by atoms with Crippen molar-refractivity contribution in [1.82, 2.24) is 14.7 Å². The average Bonchev–Trinajstić information content (AvgIpc) is 3.50. The molecule has 0 radical (unpaired) electrons. The molecular weight excluding hydrogens is 509 g/mol. The van der Waals surface area contributed by atoms with Gasteiger partial charge in [-0.3, -0.25) is 4.79 Å². The van der Waals surface area contributed by atoms with Crippen molar-refractivity contribution in [2.75, 3.05) is 38.1 Å². The van der Waals surface area contributed by atoms with Crippen molar-refractivity contribution in [3.63, 3.8) is 0 Å². The number of piperazine rings is 1. The van der Waals surface area contributed by atoms with Gasteiger partial charge in [0.2, 0.25) is 5.91 Å². The second kappa shape index (κ2) is 9.61. The van der Waals surface area contributed by atoms with E-state index in [1.54, 1.807) is 11.8 Å². The summed E-state index contributed by atoms with van der Waals surface area (Å²) in [6.07, 6.45) is 2.62. The Bertz CT molecular complexity index is 1060. The Morgan fingerprint density at radius 1 is 1.22 bits per heavy atom. The number of carbonyl (C=O) groups excluding carboxylic acids is 2. The summed E-state index contributed by atoms with van der Waals surface area (Å²) in [6, 6.07) is 1.65. The molecule has 3 aliphatic heterocycles. The molecule has 4 aliphatic rings. The van der Waals surface area contributed by atoms with Crippen LogP contribution in [0.5, 0.6) is 0 Å². The molecule has 3 atom stereocenters. The van der Waals surface area contributed by atoms with Gasteiger partial charge in [-0.15, -0.1) is 0 Å². The molecule has 1 N–H and O–H groups in total. The van der Waals surface area contributed by atoms with Crippen LogP contribution in [0, 0.1) is 5.41 Å². The summed E-state index contributed by atoms with van der Waals surface area (Å²) in [5, 5.41) is 2.07. The first-order chi connectivity index (χ1) is 17.4. The maximum Gasteiger partial charge on any atom is 0.417 e. The number of carbonyl (C=O) groups is 2. The van der Waals surface area contributed by atoms with Crippen LogP contribution in [-0.2, 0) is 15.7 Å². The van der Waals surface area contributed by atoms with Crippen molar-refractivity contribution in [3.8, 4) is 0 Å². The lowest BCUT2D eigenvalue weighted by Gasteiger charge is -2.47. The van der Waals surface area contributed by atoms with Gasteiger partial charge in [-0.25, -0.2) is 4.79 Å². The molecule has 5 rings (SSSR count). The number of nitrogens with zero attached hydrogens (tertiary/aromatic N) is 3. The van der Waals surface area contributed by atoms with E-state index < -0.39 is 34.6 Å². The Labute approximate surface area is 220 Å². The number of benzene rings is 1. The topological polar surface area (TPSA) is 65.1 Å². The third-order valence-corrected chi connectivity index (χ3v) is 8.97. The van der Waals surface area contributed by atoms with Crippen molar-refractivity contribution in [2.24, 2.45) is 5.41 Å². The molecule has 4 fully saturated rings. The predicted octanol–water partition coefficient (Wildman–Crippen LogP) is 5.19. The molecule has 204 valence electrons. The van der Waals surface area contributed by atoms with Crippen LogP contribution in [0.4, 0.5) is 23.7 Å². The summed E-state index contributed by atoms with van der Waals surface area (Å²) in [4.78, 5) is 32.1. The number of amides is 3. The molecule has 3 saturated heterocycles. The Hall–Kier alpha value is -2.04. The molecule has 1 saturated carbocycles. The number of hydrogen-bond donors (Lipinski definition) is 1. The molecule has 1 spiro atoms. The second-order valence-corrected chi connectivity index (χ2v) is 11.7. The molecule has 1 aliphatic carbocycles. The number of fused-ring (bicyclic) bond motifs is 1. The molecule has 7 nitrogen and oxygen atoms in total. The van der Waals surface area contributed by atoms with Crippen LogP contribution in [0.1, 0.15) is 57.9 Å². The first kappa shape index (κ1) is 26.6. The summed E-state index contributed by atoms with van der Waals surface area (Å²) in [6.45, 7) is 7.39. The van der Waals surface area contributed by atoms with Crippen molar-refractivity contribution >= 4 is 29.2 Å². The largest absolute Gasteiger partial charge is 0.417 e. The minimum atomic E-state index is -4.59. The van der Waals surface area contributed by atoms with E-state index in [4.69, 9.17) is 16.3 Å². The zero-order chi connectivity index (χ0) is 26.6. The van der Waals surface area contributed by atoms with E-state index in [0.717, 1.165) is 50.7 Å². The van der Waals surface area contributed by atoms with Gasteiger partial charge in [0.15, 0.2) is 5.72 Å². The normalized spacial score (nSPS) is 29.5. The smallest absolute Gasteiger partial charge is 0.352 e. The summed E-state index contributed by atoms with van der Waals surface area (Å²) in [5.74, 6) is -0.189. The minimum absolute atomic E-state index is 0.0431. The number of halogens is 4. The molecule has 0 aromatic heterocycles. The first-order valence-corrected chi connectivity index (χ1v) is 13.4. The van der Waals surface area contributed by atoms with Gasteiger partial charge < -0.3 is 24.8 Å². The Kier molecular flexibility index (Phi) is 6.90. The number of hydrogen-bond acceptors (Lipinski definition) is 4. The highest BCUT2D eigenvalue weighted by Crippen LogP contribution is 2.53. The lowest BCUT2D eigenvalue weighted by Crippen LogP contribution is -2.67. The molecule has 11 heteroatoms. The quantitative estimate of drug-likeness (QED) is 0.556. The molecule has 37 heavy (non-hydrogen) atoms. The number of ether oxygens (including phenoxy) is 1. The highest BCUT2D eigenvalue weighted by atomic mass is 35.5. The second-order valence-electron chi connectivity index (χ2n) is 11.3. The van der Waals surface area contributed by atoms with Crippen molar-refractivity contribution in [1.29, 1.82) is 0 Å². The van der Waals surface area contributed by atoms with Gasteiger partial charge in [0.05, 0.1) is 29.8 Å². The molecular formula is C26H34ClF3N4O3. The van der Waals surface area contributed by atoms with Gasteiger partial charge >= 0.3 is 12.2 Å². The van der Waals surface area contributed by atoms with E-state index in [2.05, 4.69) is 10.2 Å². The number of alkyl halides is 3. The van der Waals surface area contributed by atoms with Crippen LogP contribution in [0.2, 0.25) is 5.02 Å². The zero-order valence-electron chi connectivity index (χ0n) is 21.2. The highest BCUT2D eigenvalue weighted by Gasteiger charge is 2.54. The van der Waals surface area contributed by atoms with Crippen LogP contribution in [-0.4, -0.2) is 77.2 Å². The molecule has 3 heterocycles. The van der Waals surface area contributed by atoms with Gasteiger partial charge in [-0.1, -0.05) is 11.6 Å². The van der Waals surface area contributed by atoms with Crippen LogP contribution in [0.25, 0.3) is 0 Å². The van der Waals surface area contributed by atoms with E-state index in [9.17, 15) is 22.8 Å². The van der Waals surface area contributed by atoms with Gasteiger partial charge in [0.25, 0.3) is 0 Å². The van der Waals surface area contributed by atoms with E-state index in [0.29, 0.717) is 12.0 Å². The van der Waals surface area contributed by atoms with Gasteiger partial charge in [0.1, 0.15) is 6.04 Å². The molecule has 1 aromatic rings. The monoisotopic (exact) mass is 542 g/mol. The van der Waals surface area contributed by atoms with Crippen molar-refractivity contribution in [3.05, 3.63) is 28.8 Å². The van der Waals surface area contributed by atoms with E-state index in [-0.39, 0.29) is 24.2 Å². The molecule has 3 unspecified atom stereocenters. The summed E-state index contributed by atoms with van der Waals surface area (Å²) >= 11 is 5.78. The van der Waals surface area contributed by atoms with Gasteiger partial charge in [-0.05, 0) is 95.6 Å². The Balaban J connectivity index is 1.18. The summed E-state index contributed by atoms with van der Waals surface area (Å²) < 4.78 is 45.1. The number of likely N-dealkylation sites (tertiary alicyclic amines) is 1.